The molecule has 1 aliphatic rings. The van der Waals surface area contributed by atoms with Crippen LogP contribution < -0.4 is 25.4 Å². The van der Waals surface area contributed by atoms with Crippen molar-refractivity contribution in [3.05, 3.63) is 47.5 Å². The van der Waals surface area contributed by atoms with Crippen LogP contribution in [0, 0.1) is 5.82 Å². The van der Waals surface area contributed by atoms with Gasteiger partial charge >= 0.3 is 5.97 Å². The number of anilines is 2. The lowest BCUT2D eigenvalue weighted by molar-refractivity contribution is -0.151. The summed E-state index contributed by atoms with van der Waals surface area (Å²) in [6, 6.07) is 8.25. The highest BCUT2D eigenvalue weighted by molar-refractivity contribution is 6.31. The van der Waals surface area contributed by atoms with Gasteiger partial charge in [-0.15, -0.1) is 0 Å². The van der Waals surface area contributed by atoms with Crippen LogP contribution in [0.15, 0.2) is 36.7 Å². The van der Waals surface area contributed by atoms with Crippen molar-refractivity contribution in [3.8, 4) is 11.5 Å². The lowest BCUT2D eigenvalue weighted by Gasteiger charge is -2.38. The highest BCUT2D eigenvalue weighted by atomic mass is 35.5. The monoisotopic (exact) mass is 531 g/mol. The molecule has 9 nitrogen and oxygen atoms in total. The number of rotatable bonds is 10. The molecule has 1 aliphatic carbocycles. The van der Waals surface area contributed by atoms with Crippen molar-refractivity contribution in [3.63, 3.8) is 0 Å². The number of nitrogens with one attached hydrogen (secondary N) is 3. The van der Waals surface area contributed by atoms with Gasteiger partial charge in [0.05, 0.1) is 36.6 Å². The van der Waals surface area contributed by atoms with Crippen LogP contribution in [0.2, 0.25) is 5.02 Å². The number of likely N-dealkylation sites (N-methyl/N-ethyl adjacent to an activating group) is 1. The van der Waals surface area contributed by atoms with Crippen molar-refractivity contribution in [1.29, 1.82) is 0 Å². The smallest absolute Gasteiger partial charge is 0.326 e. The van der Waals surface area contributed by atoms with Crippen LogP contribution in [0.4, 0.5) is 15.9 Å². The molecule has 11 heteroatoms. The molecule has 198 valence electrons. The predicted octanol–water partition coefficient (Wildman–Crippen LogP) is 4.22. The Morgan fingerprint density at radius 1 is 1.16 bits per heavy atom. The van der Waals surface area contributed by atoms with Crippen LogP contribution in [-0.2, 0) is 9.53 Å². The van der Waals surface area contributed by atoms with E-state index >= 15 is 0 Å². The molecule has 3 aromatic rings. The summed E-state index contributed by atoms with van der Waals surface area (Å²) < 4.78 is 31.6. The summed E-state index contributed by atoms with van der Waals surface area (Å²) in [5.74, 6) is 0.605. The number of hydrogen-bond acceptors (Lipinski definition) is 9. The standard InChI is InChI=1S/C26H31ClFN5O4/c1-29-11-12-32-26(25(34)36-3)9-7-16(8-10-26)37-22-13-17-20(14-21(22)35-2)30-15-31-24(17)33-19-6-4-5-18(27)23(19)28/h4-6,13-16,29,32H,7-12H2,1-3H3,(H,30,31,33)/t16-,26-. The Labute approximate surface area is 220 Å². The summed E-state index contributed by atoms with van der Waals surface area (Å²) in [6.45, 7) is 1.39. The fourth-order valence-corrected chi connectivity index (χ4v) is 4.77. The van der Waals surface area contributed by atoms with Crippen LogP contribution in [0.3, 0.4) is 0 Å². The fraction of sp³-hybridized carbons (Fsp3) is 0.423. The first-order chi connectivity index (χ1) is 17.9. The van der Waals surface area contributed by atoms with Gasteiger partial charge in [-0.2, -0.15) is 0 Å². The third-order valence-corrected chi connectivity index (χ3v) is 6.91. The van der Waals surface area contributed by atoms with Crippen molar-refractivity contribution >= 4 is 40.0 Å². The molecule has 3 N–H and O–H groups in total. The van der Waals surface area contributed by atoms with Gasteiger partial charge in [0.25, 0.3) is 0 Å². The van der Waals surface area contributed by atoms with Crippen LogP contribution >= 0.6 is 11.6 Å². The summed E-state index contributed by atoms with van der Waals surface area (Å²) in [7, 11) is 4.84. The summed E-state index contributed by atoms with van der Waals surface area (Å²) in [5.41, 5.74) is 0.0689. The summed E-state index contributed by atoms with van der Waals surface area (Å²) >= 11 is 5.94. The molecule has 0 aliphatic heterocycles. The lowest BCUT2D eigenvalue weighted by Crippen LogP contribution is -2.56. The molecule has 0 radical (unpaired) electrons. The van der Waals surface area contributed by atoms with Gasteiger partial charge in [-0.25, -0.2) is 14.4 Å². The Morgan fingerprint density at radius 2 is 1.95 bits per heavy atom. The minimum atomic E-state index is -0.731. The van der Waals surface area contributed by atoms with E-state index in [1.54, 1.807) is 31.4 Å². The van der Waals surface area contributed by atoms with E-state index in [0.29, 0.717) is 60.4 Å². The number of nitrogens with zero attached hydrogens (tertiary/aromatic N) is 2. The molecular formula is C26H31ClFN5O4. The van der Waals surface area contributed by atoms with Gasteiger partial charge < -0.3 is 30.2 Å². The number of fused-ring (bicyclic) bond motifs is 1. The molecule has 0 atom stereocenters. The van der Waals surface area contributed by atoms with Crippen LogP contribution in [0.5, 0.6) is 11.5 Å². The first-order valence-electron chi connectivity index (χ1n) is 12.1. The lowest BCUT2D eigenvalue weighted by atomic mass is 9.80. The van der Waals surface area contributed by atoms with Gasteiger partial charge in [0.15, 0.2) is 17.3 Å². The quantitative estimate of drug-likeness (QED) is 0.262. The molecule has 0 unspecified atom stereocenters. The average molecular weight is 532 g/mol. The fourth-order valence-electron chi connectivity index (χ4n) is 4.60. The largest absolute Gasteiger partial charge is 0.493 e. The zero-order chi connectivity index (χ0) is 26.4. The first kappa shape index (κ1) is 26.8. The van der Waals surface area contributed by atoms with Crippen molar-refractivity contribution in [2.45, 2.75) is 37.3 Å². The van der Waals surface area contributed by atoms with Crippen LogP contribution in [-0.4, -0.2) is 61.9 Å². The zero-order valence-corrected chi connectivity index (χ0v) is 21.8. The third-order valence-electron chi connectivity index (χ3n) is 6.62. The molecule has 1 aromatic heterocycles. The summed E-state index contributed by atoms with van der Waals surface area (Å²) in [4.78, 5) is 21.2. The normalized spacial score (nSPS) is 19.4. The molecule has 2 aromatic carbocycles. The Bertz CT molecular complexity index is 1250. The molecule has 0 spiro atoms. The van der Waals surface area contributed by atoms with E-state index in [-0.39, 0.29) is 22.8 Å². The van der Waals surface area contributed by atoms with Gasteiger partial charge in [-0.1, -0.05) is 17.7 Å². The van der Waals surface area contributed by atoms with Gasteiger partial charge in [0, 0.05) is 24.5 Å². The van der Waals surface area contributed by atoms with E-state index in [0.717, 1.165) is 6.54 Å². The molecule has 0 saturated heterocycles. The summed E-state index contributed by atoms with van der Waals surface area (Å²) in [6.07, 6.45) is 3.70. The van der Waals surface area contributed by atoms with Crippen LogP contribution in [0.25, 0.3) is 10.9 Å². The van der Waals surface area contributed by atoms with E-state index in [9.17, 15) is 9.18 Å². The number of ether oxygens (including phenoxy) is 3. The maximum Gasteiger partial charge on any atom is 0.326 e. The average Bonchev–Trinajstić information content (AvgIpc) is 2.92. The van der Waals surface area contributed by atoms with E-state index in [1.807, 2.05) is 7.05 Å². The maximum absolute atomic E-state index is 14.5. The van der Waals surface area contributed by atoms with E-state index < -0.39 is 11.4 Å². The number of benzene rings is 2. The predicted molar refractivity (Wildman–Crippen MR) is 140 cm³/mol. The number of carbonyl (C=O) groups is 1. The highest BCUT2D eigenvalue weighted by Gasteiger charge is 2.43. The number of aromatic nitrogens is 2. The molecule has 37 heavy (non-hydrogen) atoms. The number of methoxy groups -OCH3 is 2. The Hall–Kier alpha value is -3.21. The zero-order valence-electron chi connectivity index (χ0n) is 21.1. The molecule has 1 saturated carbocycles. The topological polar surface area (TPSA) is 107 Å². The number of esters is 1. The molecular weight excluding hydrogens is 501 g/mol. The molecule has 1 fully saturated rings. The van der Waals surface area contributed by atoms with Gasteiger partial charge in [-0.05, 0) is 50.9 Å². The van der Waals surface area contributed by atoms with Crippen molar-refractivity contribution in [2.24, 2.45) is 0 Å². The molecule has 1 heterocycles. The van der Waals surface area contributed by atoms with Crippen molar-refractivity contribution < 1.29 is 23.4 Å². The Kier molecular flexibility index (Phi) is 8.63. The SMILES string of the molecule is CNCCN[C@]1(C(=O)OC)CC[C@@H](Oc2cc3c(Nc4cccc(Cl)c4F)ncnc3cc2OC)CC1. The maximum atomic E-state index is 14.5. The number of carbonyl (C=O) groups excluding carboxylic acids is 1. The second-order valence-electron chi connectivity index (χ2n) is 8.89. The van der Waals surface area contributed by atoms with Gasteiger partial charge in [-0.3, -0.25) is 4.79 Å². The second-order valence-corrected chi connectivity index (χ2v) is 9.30. The Balaban J connectivity index is 1.56. The highest BCUT2D eigenvalue weighted by Crippen LogP contribution is 2.38. The summed E-state index contributed by atoms with van der Waals surface area (Å²) in [5, 5.41) is 10.1. The van der Waals surface area contributed by atoms with E-state index in [4.69, 9.17) is 25.8 Å². The van der Waals surface area contributed by atoms with Crippen molar-refractivity contribution in [2.75, 3.05) is 39.7 Å². The Morgan fingerprint density at radius 3 is 2.65 bits per heavy atom. The molecule has 0 amide bonds. The van der Waals surface area contributed by atoms with Gasteiger partial charge in [0.2, 0.25) is 0 Å². The van der Waals surface area contributed by atoms with E-state index in [1.165, 1.54) is 19.5 Å². The third kappa shape index (κ3) is 5.87. The second kappa shape index (κ2) is 11.9. The number of hydrogen-bond donors (Lipinski definition) is 3. The first-order valence-corrected chi connectivity index (χ1v) is 12.5. The molecule has 0 bridgehead atoms. The molecule has 4 rings (SSSR count). The minimum absolute atomic E-state index is 0.00910. The number of halogens is 2. The van der Waals surface area contributed by atoms with E-state index in [2.05, 4.69) is 25.9 Å². The van der Waals surface area contributed by atoms with Crippen LogP contribution in [0.1, 0.15) is 25.7 Å². The minimum Gasteiger partial charge on any atom is -0.493 e. The van der Waals surface area contributed by atoms with Crippen molar-refractivity contribution in [1.82, 2.24) is 20.6 Å². The van der Waals surface area contributed by atoms with Gasteiger partial charge in [0.1, 0.15) is 17.7 Å².